The Morgan fingerprint density at radius 3 is 1.25 bits per heavy atom. The van der Waals surface area contributed by atoms with Gasteiger partial charge in [-0.1, -0.05) is 0 Å². The molecule has 25 valence electrons. The van der Waals surface area contributed by atoms with Gasteiger partial charge in [-0.2, -0.15) is 0 Å². The van der Waals surface area contributed by atoms with Crippen molar-refractivity contribution in [1.82, 2.24) is 0 Å². The van der Waals surface area contributed by atoms with Crippen LogP contribution in [-0.4, -0.2) is 44.2 Å². The first-order valence-corrected chi connectivity index (χ1v) is 1.94. The molecule has 0 amide bonds. The average molecular weight is 264 g/mol. The van der Waals surface area contributed by atoms with E-state index in [0.29, 0.717) is 0 Å². The molecule has 0 aliphatic heterocycles. The second kappa shape index (κ2) is 21.3. The second-order valence-corrected chi connectivity index (χ2v) is 0. The Morgan fingerprint density at radius 1 is 1.25 bits per heavy atom. The SMILES string of the molecule is [Co].[GaH3].[O]=[InH]. The van der Waals surface area contributed by atoms with E-state index in [4.69, 9.17) is 2.85 Å². The summed E-state index contributed by atoms with van der Waals surface area (Å²) in [6.07, 6.45) is 0. The van der Waals surface area contributed by atoms with E-state index in [2.05, 4.69) is 0 Å². The maximum atomic E-state index is 8.42. The van der Waals surface area contributed by atoms with Gasteiger partial charge in [0.25, 0.3) is 0 Å². The van der Waals surface area contributed by atoms with Gasteiger partial charge in [0, 0.05) is 16.8 Å². The van der Waals surface area contributed by atoms with Crippen LogP contribution in [0.15, 0.2) is 0 Å². The van der Waals surface area contributed by atoms with Crippen LogP contribution >= 0.6 is 0 Å². The Kier molecular flexibility index (Phi) is 90.6. The van der Waals surface area contributed by atoms with Crippen LogP contribution in [0.3, 0.4) is 0 Å². The first-order valence-electron chi connectivity index (χ1n) is 0.289. The molecule has 0 aromatic rings. The van der Waals surface area contributed by atoms with Gasteiger partial charge < -0.3 is 0 Å². The van der Waals surface area contributed by atoms with Crippen molar-refractivity contribution in [2.75, 3.05) is 0 Å². The van der Waals surface area contributed by atoms with Crippen LogP contribution in [0.5, 0.6) is 0 Å². The fraction of sp³-hybridized carbons (Fsp3) is 0. The molecule has 0 bridgehead atoms. The second-order valence-electron chi connectivity index (χ2n) is 0. The summed E-state index contributed by atoms with van der Waals surface area (Å²) in [7, 11) is 0. The molecule has 0 aromatic heterocycles. The quantitative estimate of drug-likeness (QED) is 0.464. The Morgan fingerprint density at radius 2 is 1.25 bits per heavy atom. The van der Waals surface area contributed by atoms with Crippen molar-refractivity contribution < 1.29 is 19.6 Å². The molecule has 4 heteroatoms. The molecule has 0 rings (SSSR count). The molecule has 0 unspecified atom stereocenters. The Bertz CT molecular complexity index is 8.00. The van der Waals surface area contributed by atoms with Crippen LogP contribution in [0, 0.1) is 0 Å². The predicted octanol–water partition coefficient (Wildman–Crippen LogP) is -1.95. The molecule has 0 saturated carbocycles. The summed E-state index contributed by atoms with van der Waals surface area (Å²) < 4.78 is 8.42. The average Bonchev–Trinajstić information content (AvgIpc) is 1.00. The third kappa shape index (κ3) is 9.18. The molecule has 0 aliphatic carbocycles. The molecule has 0 spiro atoms. The molecular formula is H4CoGaInO. The monoisotopic (exact) mass is 263 g/mol. The molecule has 0 heterocycles. The fourth-order valence-corrected chi connectivity index (χ4v) is 0. The van der Waals surface area contributed by atoms with Crippen molar-refractivity contribution in [1.29, 1.82) is 0 Å². The molecular weight excluding hydrogens is 259 g/mol. The van der Waals surface area contributed by atoms with E-state index in [9.17, 15) is 0 Å². The summed E-state index contributed by atoms with van der Waals surface area (Å²) in [6, 6.07) is 0. The van der Waals surface area contributed by atoms with Crippen molar-refractivity contribution in [3.05, 3.63) is 0 Å². The van der Waals surface area contributed by atoms with Gasteiger partial charge in [0.05, 0.1) is 0 Å². The van der Waals surface area contributed by atoms with Gasteiger partial charge in [-0.05, 0) is 0 Å². The Balaban J connectivity index is -0.00000000500. The van der Waals surface area contributed by atoms with Crippen LogP contribution in [0.25, 0.3) is 0 Å². The van der Waals surface area contributed by atoms with E-state index in [0.717, 1.165) is 0 Å². The van der Waals surface area contributed by atoms with Gasteiger partial charge in [-0.3, -0.25) is 0 Å². The predicted molar refractivity (Wildman–Crippen MR) is 17.8 cm³/mol. The number of hydrogen-bond donors (Lipinski definition) is 0. The Hall–Kier alpha value is 1.81. The molecule has 0 saturated heterocycles. The van der Waals surface area contributed by atoms with Crippen LogP contribution in [0.2, 0.25) is 0 Å². The maximum absolute atomic E-state index is 8.42. The third-order valence-corrected chi connectivity index (χ3v) is 0. The van der Waals surface area contributed by atoms with E-state index in [-0.39, 0.29) is 60.9 Å². The van der Waals surface area contributed by atoms with Crippen LogP contribution < -0.4 is 0 Å². The topological polar surface area (TPSA) is 17.1 Å². The van der Waals surface area contributed by atoms with Crippen molar-refractivity contribution in [3.63, 3.8) is 0 Å². The number of hydrogen-bond acceptors (Lipinski definition) is 1. The van der Waals surface area contributed by atoms with Crippen molar-refractivity contribution in [2.45, 2.75) is 0 Å². The van der Waals surface area contributed by atoms with Gasteiger partial charge in [-0.15, -0.1) is 0 Å². The van der Waals surface area contributed by atoms with Gasteiger partial charge in [-0.25, -0.2) is 0 Å². The molecule has 1 nitrogen and oxygen atoms in total. The minimum absolute atomic E-state index is 0. The molecule has 0 fully saturated rings. The molecule has 0 aliphatic rings. The Labute approximate surface area is 63.2 Å². The van der Waals surface area contributed by atoms with Gasteiger partial charge in [0.2, 0.25) is 0 Å². The summed E-state index contributed by atoms with van der Waals surface area (Å²) in [5.74, 6) is 0. The standard InChI is InChI=1S/Co.Ga.In.O.4H. The van der Waals surface area contributed by atoms with Crippen molar-refractivity contribution >= 4 is 44.2 Å². The molecule has 0 N–H and O–H groups in total. The fourth-order valence-electron chi connectivity index (χ4n) is 0. The van der Waals surface area contributed by atoms with E-state index in [1.165, 1.54) is 0 Å². The van der Waals surface area contributed by atoms with Crippen LogP contribution in [-0.2, 0) is 19.6 Å². The van der Waals surface area contributed by atoms with Gasteiger partial charge in [0.15, 0.2) is 0 Å². The summed E-state index contributed by atoms with van der Waals surface area (Å²) in [4.78, 5) is 0. The normalized spacial score (nSPS) is 0.750. The first kappa shape index (κ1) is 17.0. The van der Waals surface area contributed by atoms with E-state index in [1.807, 2.05) is 0 Å². The summed E-state index contributed by atoms with van der Waals surface area (Å²) >= 11 is -0.1000. The van der Waals surface area contributed by atoms with E-state index >= 15 is 0 Å². The molecule has 0 aromatic carbocycles. The number of rotatable bonds is 0. The van der Waals surface area contributed by atoms with Crippen molar-refractivity contribution in [3.8, 4) is 0 Å². The zero-order valence-corrected chi connectivity index (χ0v) is 6.53. The summed E-state index contributed by atoms with van der Waals surface area (Å²) in [5, 5.41) is 0. The molecule has 1 radical (unpaired) electrons. The third-order valence-electron chi connectivity index (χ3n) is 0. The van der Waals surface area contributed by atoms with Crippen LogP contribution in [0.4, 0.5) is 0 Å². The zero-order chi connectivity index (χ0) is 2.00. The van der Waals surface area contributed by atoms with E-state index < -0.39 is 0 Å². The summed E-state index contributed by atoms with van der Waals surface area (Å²) in [6.45, 7) is 0. The van der Waals surface area contributed by atoms with Gasteiger partial charge in [0.1, 0.15) is 0 Å². The van der Waals surface area contributed by atoms with E-state index in [1.54, 1.807) is 0 Å². The van der Waals surface area contributed by atoms with Crippen molar-refractivity contribution in [2.24, 2.45) is 0 Å². The molecule has 4 heavy (non-hydrogen) atoms. The first-order chi connectivity index (χ1) is 1.00. The minimum atomic E-state index is -0.1000. The van der Waals surface area contributed by atoms with Gasteiger partial charge >= 0.3 is 47.0 Å². The molecule has 0 atom stereocenters. The van der Waals surface area contributed by atoms with Crippen LogP contribution in [0.1, 0.15) is 0 Å². The summed E-state index contributed by atoms with van der Waals surface area (Å²) in [5.41, 5.74) is 0. The zero-order valence-electron chi connectivity index (χ0n) is 1.45.